The summed E-state index contributed by atoms with van der Waals surface area (Å²) in [4.78, 5) is 13.7. The molecule has 0 radical (unpaired) electrons. The number of halogens is 2. The highest BCUT2D eigenvalue weighted by Crippen LogP contribution is 2.30. The molecule has 3 rings (SSSR count). The number of rotatable bonds is 3. The molecule has 6 heteroatoms. The second-order valence-corrected chi connectivity index (χ2v) is 5.97. The van der Waals surface area contributed by atoms with Crippen LogP contribution in [0.3, 0.4) is 0 Å². The molecule has 1 unspecified atom stereocenters. The van der Waals surface area contributed by atoms with Crippen LogP contribution in [0.2, 0.25) is 0 Å². The molecule has 1 aliphatic carbocycles. The van der Waals surface area contributed by atoms with Gasteiger partial charge >= 0.3 is 0 Å². The lowest BCUT2D eigenvalue weighted by Gasteiger charge is -2.34. The molecule has 1 atom stereocenters. The van der Waals surface area contributed by atoms with Crippen molar-refractivity contribution in [3.8, 4) is 6.07 Å². The summed E-state index contributed by atoms with van der Waals surface area (Å²) in [7, 11) is 0. The van der Waals surface area contributed by atoms with Gasteiger partial charge in [0.2, 0.25) is 5.91 Å². The zero-order chi connectivity index (χ0) is 15.7. The van der Waals surface area contributed by atoms with Gasteiger partial charge in [0.25, 0.3) is 0 Å². The Bertz CT molecular complexity index is 614. The normalized spacial score (nSPS) is 21.3. The molecule has 1 saturated heterocycles. The molecule has 0 aromatic heterocycles. The van der Waals surface area contributed by atoms with E-state index in [0.29, 0.717) is 19.5 Å². The van der Waals surface area contributed by atoms with E-state index in [4.69, 9.17) is 5.26 Å². The van der Waals surface area contributed by atoms with Crippen LogP contribution in [0.15, 0.2) is 12.1 Å². The van der Waals surface area contributed by atoms with Crippen molar-refractivity contribution in [1.29, 1.82) is 5.26 Å². The highest BCUT2D eigenvalue weighted by atomic mass is 19.1. The van der Waals surface area contributed by atoms with Crippen molar-refractivity contribution in [2.45, 2.75) is 31.7 Å². The van der Waals surface area contributed by atoms with Gasteiger partial charge in [0.15, 0.2) is 11.6 Å². The maximum absolute atomic E-state index is 14.1. The molecule has 1 aliphatic heterocycles. The number of carbonyl (C=O) groups excluding carboxylic acids is 1. The SMILES string of the molecule is N#Cc1cc(F)c(N2CCCC(C(=O)NC3CC3)C2)c(F)c1. The standard InChI is InChI=1S/C16H17F2N3O/c17-13-6-10(8-19)7-14(18)15(13)21-5-1-2-11(9-21)16(22)20-12-3-4-12/h6-7,11-12H,1-5,9H2,(H,20,22). The molecule has 2 fully saturated rings. The number of benzene rings is 1. The molecule has 1 saturated carbocycles. The van der Waals surface area contributed by atoms with E-state index in [-0.39, 0.29) is 29.1 Å². The topological polar surface area (TPSA) is 56.1 Å². The molecule has 1 amide bonds. The molecule has 1 aromatic rings. The number of anilines is 1. The third kappa shape index (κ3) is 3.03. The van der Waals surface area contributed by atoms with Crippen molar-refractivity contribution in [3.05, 3.63) is 29.3 Å². The molecule has 1 heterocycles. The molecule has 1 aromatic carbocycles. The Labute approximate surface area is 127 Å². The zero-order valence-corrected chi connectivity index (χ0v) is 12.1. The molecule has 1 N–H and O–H groups in total. The van der Waals surface area contributed by atoms with E-state index in [1.807, 2.05) is 0 Å². The van der Waals surface area contributed by atoms with Gasteiger partial charge in [0, 0.05) is 19.1 Å². The molecule has 2 aliphatic rings. The van der Waals surface area contributed by atoms with Gasteiger partial charge in [-0.25, -0.2) is 8.78 Å². The number of nitriles is 1. The Morgan fingerprint density at radius 1 is 1.27 bits per heavy atom. The Morgan fingerprint density at radius 2 is 1.95 bits per heavy atom. The van der Waals surface area contributed by atoms with Crippen LogP contribution in [0, 0.1) is 28.9 Å². The highest BCUT2D eigenvalue weighted by Gasteiger charge is 2.32. The zero-order valence-electron chi connectivity index (χ0n) is 12.1. The van der Waals surface area contributed by atoms with E-state index in [2.05, 4.69) is 5.32 Å². The van der Waals surface area contributed by atoms with Gasteiger partial charge in [-0.1, -0.05) is 0 Å². The second kappa shape index (κ2) is 5.91. The number of hydrogen-bond acceptors (Lipinski definition) is 3. The summed E-state index contributed by atoms with van der Waals surface area (Å²) in [6.07, 6.45) is 3.47. The lowest BCUT2D eigenvalue weighted by Crippen LogP contribution is -2.44. The average Bonchev–Trinajstić information content (AvgIpc) is 3.30. The number of amides is 1. The van der Waals surface area contributed by atoms with Crippen LogP contribution in [0.1, 0.15) is 31.2 Å². The summed E-state index contributed by atoms with van der Waals surface area (Å²) >= 11 is 0. The van der Waals surface area contributed by atoms with E-state index in [1.165, 1.54) is 0 Å². The minimum Gasteiger partial charge on any atom is -0.366 e. The van der Waals surface area contributed by atoms with Crippen LogP contribution in [0.5, 0.6) is 0 Å². The number of piperidine rings is 1. The predicted molar refractivity (Wildman–Crippen MR) is 77.2 cm³/mol. The summed E-state index contributed by atoms with van der Waals surface area (Å²) in [6.45, 7) is 0.811. The van der Waals surface area contributed by atoms with Crippen LogP contribution in [-0.4, -0.2) is 25.0 Å². The second-order valence-electron chi connectivity index (χ2n) is 5.97. The Hall–Kier alpha value is -2.16. The van der Waals surface area contributed by atoms with E-state index in [0.717, 1.165) is 31.4 Å². The molecule has 0 bridgehead atoms. The quantitative estimate of drug-likeness (QED) is 0.932. The van der Waals surface area contributed by atoms with E-state index in [1.54, 1.807) is 11.0 Å². The van der Waals surface area contributed by atoms with Gasteiger partial charge in [-0.15, -0.1) is 0 Å². The molecule has 0 spiro atoms. The largest absolute Gasteiger partial charge is 0.366 e. The van der Waals surface area contributed by atoms with Crippen LogP contribution in [-0.2, 0) is 4.79 Å². The van der Waals surface area contributed by atoms with E-state index < -0.39 is 11.6 Å². The van der Waals surface area contributed by atoms with Crippen molar-refractivity contribution in [2.24, 2.45) is 5.92 Å². The van der Waals surface area contributed by atoms with E-state index >= 15 is 0 Å². The Kier molecular flexibility index (Phi) is 3.97. The van der Waals surface area contributed by atoms with Crippen LogP contribution in [0.25, 0.3) is 0 Å². The molecule has 22 heavy (non-hydrogen) atoms. The summed E-state index contributed by atoms with van der Waals surface area (Å²) in [6, 6.07) is 4.08. The van der Waals surface area contributed by atoms with Gasteiger partial charge in [0.05, 0.1) is 17.6 Å². The monoisotopic (exact) mass is 305 g/mol. The summed E-state index contributed by atoms with van der Waals surface area (Å²) < 4.78 is 28.2. The molecule has 116 valence electrons. The van der Waals surface area contributed by atoms with Gasteiger partial charge in [-0.3, -0.25) is 4.79 Å². The fourth-order valence-corrected chi connectivity index (χ4v) is 2.87. The van der Waals surface area contributed by atoms with Crippen LogP contribution in [0.4, 0.5) is 14.5 Å². The number of nitrogens with zero attached hydrogens (tertiary/aromatic N) is 2. The first-order chi connectivity index (χ1) is 10.6. The summed E-state index contributed by atoms with van der Waals surface area (Å²) in [5.74, 6) is -1.77. The fourth-order valence-electron chi connectivity index (χ4n) is 2.87. The third-order valence-electron chi connectivity index (χ3n) is 4.18. The molecular formula is C16H17F2N3O. The lowest BCUT2D eigenvalue weighted by atomic mass is 9.96. The predicted octanol–water partition coefficient (Wildman–Crippen LogP) is 2.33. The first-order valence-electron chi connectivity index (χ1n) is 7.53. The van der Waals surface area contributed by atoms with E-state index in [9.17, 15) is 13.6 Å². The first kappa shape index (κ1) is 14.8. The summed E-state index contributed by atoms with van der Waals surface area (Å²) in [5, 5.41) is 11.7. The van der Waals surface area contributed by atoms with Crippen molar-refractivity contribution >= 4 is 11.6 Å². The maximum Gasteiger partial charge on any atom is 0.225 e. The van der Waals surface area contributed by atoms with Gasteiger partial charge in [0.1, 0.15) is 5.69 Å². The fraction of sp³-hybridized carbons (Fsp3) is 0.500. The maximum atomic E-state index is 14.1. The van der Waals surface area contributed by atoms with Crippen LogP contribution >= 0.6 is 0 Å². The average molecular weight is 305 g/mol. The summed E-state index contributed by atoms with van der Waals surface area (Å²) in [5.41, 5.74) is -0.179. The Morgan fingerprint density at radius 3 is 2.55 bits per heavy atom. The number of hydrogen-bond donors (Lipinski definition) is 1. The molecule has 4 nitrogen and oxygen atoms in total. The minimum absolute atomic E-state index is 0.0262. The molecular weight excluding hydrogens is 288 g/mol. The van der Waals surface area contributed by atoms with Crippen molar-refractivity contribution in [3.63, 3.8) is 0 Å². The van der Waals surface area contributed by atoms with Gasteiger partial charge < -0.3 is 10.2 Å². The highest BCUT2D eigenvalue weighted by molar-refractivity contribution is 5.80. The number of carbonyl (C=O) groups is 1. The minimum atomic E-state index is -0.750. The number of nitrogens with one attached hydrogen (secondary N) is 1. The third-order valence-corrected chi connectivity index (χ3v) is 4.18. The van der Waals surface area contributed by atoms with Gasteiger partial charge in [-0.2, -0.15) is 5.26 Å². The Balaban J connectivity index is 1.77. The van der Waals surface area contributed by atoms with Crippen molar-refractivity contribution < 1.29 is 13.6 Å². The van der Waals surface area contributed by atoms with Crippen LogP contribution < -0.4 is 10.2 Å². The van der Waals surface area contributed by atoms with Crippen molar-refractivity contribution in [2.75, 3.05) is 18.0 Å². The van der Waals surface area contributed by atoms with Gasteiger partial charge in [-0.05, 0) is 37.8 Å². The van der Waals surface area contributed by atoms with Crippen molar-refractivity contribution in [1.82, 2.24) is 5.32 Å². The smallest absolute Gasteiger partial charge is 0.225 e. The lowest BCUT2D eigenvalue weighted by molar-refractivity contribution is -0.125. The first-order valence-corrected chi connectivity index (χ1v) is 7.53.